The smallest absolute Gasteiger partial charge is 0.103 e. The minimum absolute atomic E-state index is 0.0912. The van der Waals surface area contributed by atoms with Crippen molar-refractivity contribution in [3.8, 4) is 6.07 Å². The van der Waals surface area contributed by atoms with Gasteiger partial charge in [0.05, 0.1) is 22.9 Å². The van der Waals surface area contributed by atoms with Crippen molar-refractivity contribution in [2.24, 2.45) is 0 Å². The minimum atomic E-state index is 0.0912. The molecule has 0 bridgehead atoms. The lowest BCUT2D eigenvalue weighted by atomic mass is 10.1. The van der Waals surface area contributed by atoms with Gasteiger partial charge in [0.25, 0.3) is 0 Å². The van der Waals surface area contributed by atoms with Crippen LogP contribution in [0.3, 0.4) is 0 Å². The number of nitrogens with zero attached hydrogens (tertiary/aromatic N) is 2. The maximum Gasteiger partial charge on any atom is 0.103 e. The van der Waals surface area contributed by atoms with E-state index in [1.165, 1.54) is 12.8 Å². The molecule has 2 rings (SSSR count). The van der Waals surface area contributed by atoms with Crippen molar-refractivity contribution in [1.82, 2.24) is 0 Å². The number of aliphatic hydroxyl groups is 1. The van der Waals surface area contributed by atoms with Crippen LogP contribution in [-0.2, 0) is 0 Å². The highest BCUT2D eigenvalue weighted by Crippen LogP contribution is 2.32. The summed E-state index contributed by atoms with van der Waals surface area (Å²) in [5.41, 5.74) is 1.37. The number of halogens is 1. The number of nitriles is 1. The largest absolute Gasteiger partial charge is 0.395 e. The monoisotopic (exact) mass is 264 g/mol. The first-order valence-corrected chi connectivity index (χ1v) is 6.72. The van der Waals surface area contributed by atoms with Crippen LogP contribution in [0.2, 0.25) is 5.02 Å². The summed E-state index contributed by atoms with van der Waals surface area (Å²) in [5, 5.41) is 19.0. The van der Waals surface area contributed by atoms with Gasteiger partial charge in [0.2, 0.25) is 0 Å². The fourth-order valence-corrected chi connectivity index (χ4v) is 2.90. The molecule has 0 radical (unpaired) electrons. The van der Waals surface area contributed by atoms with Crippen molar-refractivity contribution in [2.75, 3.05) is 18.1 Å². The molecule has 1 aromatic carbocycles. The maximum atomic E-state index is 9.24. The first kappa shape index (κ1) is 13.2. The molecule has 1 N–H and O–H groups in total. The lowest BCUT2D eigenvalue weighted by molar-refractivity contribution is 0.297. The zero-order chi connectivity index (χ0) is 13.0. The summed E-state index contributed by atoms with van der Waals surface area (Å²) in [4.78, 5) is 2.14. The van der Waals surface area contributed by atoms with Crippen molar-refractivity contribution < 1.29 is 5.11 Å². The summed E-state index contributed by atoms with van der Waals surface area (Å²) in [6.07, 6.45) is 4.68. The Morgan fingerprint density at radius 3 is 2.72 bits per heavy atom. The van der Waals surface area contributed by atoms with E-state index in [1.807, 2.05) is 12.1 Å². The van der Waals surface area contributed by atoms with E-state index in [2.05, 4.69) is 11.0 Å². The van der Waals surface area contributed by atoms with E-state index >= 15 is 0 Å². The fourth-order valence-electron chi connectivity index (χ4n) is 2.69. The van der Waals surface area contributed by atoms with Gasteiger partial charge >= 0.3 is 0 Å². The van der Waals surface area contributed by atoms with E-state index in [0.29, 0.717) is 23.2 Å². The van der Waals surface area contributed by atoms with Crippen molar-refractivity contribution in [3.05, 3.63) is 28.8 Å². The predicted octanol–water partition coefficient (Wildman–Crippen LogP) is 2.95. The van der Waals surface area contributed by atoms with Gasteiger partial charge in [0, 0.05) is 12.6 Å². The van der Waals surface area contributed by atoms with E-state index in [-0.39, 0.29) is 6.61 Å². The third kappa shape index (κ3) is 2.60. The van der Waals surface area contributed by atoms with Crippen molar-refractivity contribution in [2.45, 2.75) is 31.7 Å². The third-order valence-electron chi connectivity index (χ3n) is 3.52. The Hall–Kier alpha value is -1.24. The summed E-state index contributed by atoms with van der Waals surface area (Å²) >= 11 is 6.07. The predicted molar refractivity (Wildman–Crippen MR) is 72.9 cm³/mol. The molecule has 0 aliphatic heterocycles. The summed E-state index contributed by atoms with van der Waals surface area (Å²) in [6, 6.07) is 8.10. The lowest BCUT2D eigenvalue weighted by Gasteiger charge is -2.31. The van der Waals surface area contributed by atoms with Gasteiger partial charge in [0.15, 0.2) is 0 Å². The molecule has 96 valence electrons. The van der Waals surface area contributed by atoms with Gasteiger partial charge in [0.1, 0.15) is 6.07 Å². The third-order valence-corrected chi connectivity index (χ3v) is 3.83. The van der Waals surface area contributed by atoms with Crippen LogP contribution in [0, 0.1) is 11.3 Å². The van der Waals surface area contributed by atoms with Gasteiger partial charge in [-0.25, -0.2) is 0 Å². The molecule has 0 heterocycles. The number of hydrogen-bond acceptors (Lipinski definition) is 3. The summed E-state index contributed by atoms with van der Waals surface area (Å²) < 4.78 is 0. The van der Waals surface area contributed by atoms with Crippen LogP contribution in [-0.4, -0.2) is 24.3 Å². The molecular formula is C14H17ClN2O. The quantitative estimate of drug-likeness (QED) is 0.910. The second-order valence-electron chi connectivity index (χ2n) is 4.60. The summed E-state index contributed by atoms with van der Waals surface area (Å²) in [6.45, 7) is 0.646. The van der Waals surface area contributed by atoms with Gasteiger partial charge in [-0.15, -0.1) is 0 Å². The zero-order valence-electron chi connectivity index (χ0n) is 10.3. The zero-order valence-corrected chi connectivity index (χ0v) is 11.0. The van der Waals surface area contributed by atoms with Gasteiger partial charge < -0.3 is 10.0 Å². The minimum Gasteiger partial charge on any atom is -0.395 e. The van der Waals surface area contributed by atoms with Crippen LogP contribution in [0.25, 0.3) is 0 Å². The van der Waals surface area contributed by atoms with Gasteiger partial charge in [-0.1, -0.05) is 30.5 Å². The molecule has 0 atom stereocenters. The summed E-state index contributed by atoms with van der Waals surface area (Å²) in [7, 11) is 0. The van der Waals surface area contributed by atoms with Crippen LogP contribution in [0.4, 0.5) is 5.69 Å². The maximum absolute atomic E-state index is 9.24. The van der Waals surface area contributed by atoms with Crippen LogP contribution >= 0.6 is 11.6 Å². The number of anilines is 1. The van der Waals surface area contributed by atoms with Crippen LogP contribution < -0.4 is 4.90 Å². The lowest BCUT2D eigenvalue weighted by Crippen LogP contribution is -2.36. The fraction of sp³-hybridized carbons (Fsp3) is 0.500. The Morgan fingerprint density at radius 1 is 1.39 bits per heavy atom. The first-order chi connectivity index (χ1) is 8.77. The molecule has 0 saturated heterocycles. The van der Waals surface area contributed by atoms with Gasteiger partial charge in [-0.05, 0) is 25.0 Å². The van der Waals surface area contributed by atoms with Crippen LogP contribution in [0.15, 0.2) is 18.2 Å². The molecule has 18 heavy (non-hydrogen) atoms. The van der Waals surface area contributed by atoms with Crippen molar-refractivity contribution in [3.63, 3.8) is 0 Å². The SMILES string of the molecule is N#Cc1c(Cl)cccc1N(CCO)C1CCCC1. The number of aliphatic hydroxyl groups excluding tert-OH is 1. The molecule has 3 nitrogen and oxygen atoms in total. The second kappa shape index (κ2) is 6.08. The Labute approximate surface area is 113 Å². The Morgan fingerprint density at radius 2 is 2.11 bits per heavy atom. The van der Waals surface area contributed by atoms with E-state index in [4.69, 9.17) is 11.6 Å². The number of rotatable bonds is 4. The number of hydrogen-bond donors (Lipinski definition) is 1. The van der Waals surface area contributed by atoms with E-state index in [1.54, 1.807) is 6.07 Å². The Bertz CT molecular complexity index is 450. The van der Waals surface area contributed by atoms with E-state index in [9.17, 15) is 10.4 Å². The van der Waals surface area contributed by atoms with Crippen LogP contribution in [0.1, 0.15) is 31.2 Å². The van der Waals surface area contributed by atoms with Crippen molar-refractivity contribution >= 4 is 17.3 Å². The van der Waals surface area contributed by atoms with Gasteiger partial charge in [-0.2, -0.15) is 5.26 Å². The second-order valence-corrected chi connectivity index (χ2v) is 5.01. The molecule has 1 aliphatic rings. The molecule has 0 amide bonds. The first-order valence-electron chi connectivity index (χ1n) is 6.34. The van der Waals surface area contributed by atoms with Gasteiger partial charge in [-0.3, -0.25) is 0 Å². The average molecular weight is 265 g/mol. The summed E-state index contributed by atoms with van der Waals surface area (Å²) in [5.74, 6) is 0. The molecule has 0 unspecified atom stereocenters. The highest BCUT2D eigenvalue weighted by atomic mass is 35.5. The molecular weight excluding hydrogens is 248 g/mol. The molecule has 1 aliphatic carbocycles. The topological polar surface area (TPSA) is 47.3 Å². The number of benzene rings is 1. The van der Waals surface area contributed by atoms with E-state index < -0.39 is 0 Å². The standard InChI is InChI=1S/C14H17ClN2O/c15-13-6-3-7-14(12(13)10-16)17(8-9-18)11-4-1-2-5-11/h3,6-7,11,18H,1-2,4-5,8-9H2. The van der Waals surface area contributed by atoms with Crippen LogP contribution in [0.5, 0.6) is 0 Å². The highest BCUT2D eigenvalue weighted by molar-refractivity contribution is 6.32. The van der Waals surface area contributed by atoms with Crippen molar-refractivity contribution in [1.29, 1.82) is 5.26 Å². The Balaban J connectivity index is 2.36. The average Bonchev–Trinajstić information content (AvgIpc) is 2.89. The molecule has 0 spiro atoms. The highest BCUT2D eigenvalue weighted by Gasteiger charge is 2.24. The molecule has 1 aromatic rings. The van der Waals surface area contributed by atoms with E-state index in [0.717, 1.165) is 18.5 Å². The molecule has 4 heteroatoms. The Kier molecular flexibility index (Phi) is 4.46. The normalized spacial score (nSPS) is 15.6. The molecule has 1 fully saturated rings. The molecule has 1 saturated carbocycles. The molecule has 0 aromatic heterocycles.